The van der Waals surface area contributed by atoms with Crippen LogP contribution in [0.5, 0.6) is 5.88 Å². The van der Waals surface area contributed by atoms with Crippen LogP contribution >= 0.6 is 0 Å². The summed E-state index contributed by atoms with van der Waals surface area (Å²) >= 11 is 0. The van der Waals surface area contributed by atoms with Crippen molar-refractivity contribution < 1.29 is 9.84 Å². The highest BCUT2D eigenvalue weighted by molar-refractivity contribution is 5.09. The van der Waals surface area contributed by atoms with E-state index in [0.717, 1.165) is 31.9 Å². The molecule has 0 aromatic carbocycles. The van der Waals surface area contributed by atoms with Crippen LogP contribution in [-0.4, -0.2) is 28.3 Å². The summed E-state index contributed by atoms with van der Waals surface area (Å²) < 4.78 is 5.23. The summed E-state index contributed by atoms with van der Waals surface area (Å²) in [4.78, 5) is 8.12. The Balaban J connectivity index is 2.14. The molecule has 1 aliphatic heterocycles. The Morgan fingerprint density at radius 2 is 2.15 bits per heavy atom. The number of ether oxygens (including phenoxy) is 1. The molecule has 4 nitrogen and oxygen atoms in total. The maximum atomic E-state index is 9.16. The molecule has 0 aliphatic carbocycles. The highest BCUT2D eigenvalue weighted by atomic mass is 16.5. The Morgan fingerprint density at radius 3 is 2.85 bits per heavy atom. The Labute approximate surface area is 76.6 Å². The Kier molecular flexibility index (Phi) is 2.40. The van der Waals surface area contributed by atoms with Crippen LogP contribution in [0.2, 0.25) is 0 Å². The van der Waals surface area contributed by atoms with Gasteiger partial charge in [-0.3, -0.25) is 0 Å². The Hall–Kier alpha value is -1.16. The lowest BCUT2D eigenvalue weighted by Gasteiger charge is -2.20. The molecule has 1 N–H and O–H groups in total. The van der Waals surface area contributed by atoms with Crippen LogP contribution in [0.4, 0.5) is 0 Å². The van der Waals surface area contributed by atoms with Crippen molar-refractivity contribution >= 4 is 0 Å². The molecule has 0 spiro atoms. The van der Waals surface area contributed by atoms with Crippen molar-refractivity contribution in [3.05, 3.63) is 18.1 Å². The molecule has 70 valence electrons. The molecule has 2 heterocycles. The summed E-state index contributed by atoms with van der Waals surface area (Å²) in [5, 5.41) is 9.16. The first kappa shape index (κ1) is 8.44. The second kappa shape index (κ2) is 3.70. The van der Waals surface area contributed by atoms with E-state index < -0.39 is 0 Å². The average molecular weight is 180 g/mol. The first-order valence-corrected chi connectivity index (χ1v) is 4.46. The quantitative estimate of drug-likeness (QED) is 0.702. The van der Waals surface area contributed by atoms with Gasteiger partial charge in [-0.25, -0.2) is 4.98 Å². The lowest BCUT2D eigenvalue weighted by Crippen LogP contribution is -2.16. The molecule has 0 radical (unpaired) electrons. The van der Waals surface area contributed by atoms with E-state index in [1.807, 2.05) is 0 Å². The second-order valence-electron chi connectivity index (χ2n) is 3.16. The van der Waals surface area contributed by atoms with E-state index in [1.165, 1.54) is 6.07 Å². The molecule has 13 heavy (non-hydrogen) atoms. The van der Waals surface area contributed by atoms with Gasteiger partial charge in [0.05, 0.1) is 0 Å². The minimum atomic E-state index is 0.0523. The van der Waals surface area contributed by atoms with Crippen LogP contribution in [0.25, 0.3) is 0 Å². The largest absolute Gasteiger partial charge is 0.493 e. The third-order valence-electron chi connectivity index (χ3n) is 2.25. The number of aromatic hydroxyl groups is 1. The standard InChI is InChI=1S/C9H12N2O2/c12-8-1-4-10-9(11-8)7-2-5-13-6-3-7/h1,4,7H,2-3,5-6H2,(H,10,11,12). The normalized spacial score (nSPS) is 18.8. The lowest BCUT2D eigenvalue weighted by molar-refractivity contribution is 0.0834. The number of aromatic nitrogens is 2. The predicted molar refractivity (Wildman–Crippen MR) is 46.5 cm³/mol. The van der Waals surface area contributed by atoms with Crippen molar-refractivity contribution in [1.82, 2.24) is 9.97 Å². The highest BCUT2D eigenvalue weighted by Crippen LogP contribution is 2.24. The van der Waals surface area contributed by atoms with Crippen molar-refractivity contribution in [2.45, 2.75) is 18.8 Å². The van der Waals surface area contributed by atoms with E-state index in [4.69, 9.17) is 9.84 Å². The smallest absolute Gasteiger partial charge is 0.214 e. The molecule has 1 aromatic rings. The van der Waals surface area contributed by atoms with Gasteiger partial charge in [0.25, 0.3) is 0 Å². The monoisotopic (exact) mass is 180 g/mol. The van der Waals surface area contributed by atoms with Crippen LogP contribution in [0.1, 0.15) is 24.6 Å². The van der Waals surface area contributed by atoms with Gasteiger partial charge in [-0.15, -0.1) is 0 Å². The van der Waals surface area contributed by atoms with Crippen molar-refractivity contribution in [2.75, 3.05) is 13.2 Å². The number of hydrogen-bond acceptors (Lipinski definition) is 4. The van der Waals surface area contributed by atoms with Crippen molar-refractivity contribution in [3.8, 4) is 5.88 Å². The van der Waals surface area contributed by atoms with Gasteiger partial charge >= 0.3 is 0 Å². The zero-order chi connectivity index (χ0) is 9.10. The van der Waals surface area contributed by atoms with Gasteiger partial charge in [0.15, 0.2) is 0 Å². The fraction of sp³-hybridized carbons (Fsp3) is 0.556. The van der Waals surface area contributed by atoms with Crippen LogP contribution in [0.15, 0.2) is 12.3 Å². The van der Waals surface area contributed by atoms with Crippen LogP contribution < -0.4 is 0 Å². The Morgan fingerprint density at radius 1 is 1.38 bits per heavy atom. The molecule has 0 saturated carbocycles. The van der Waals surface area contributed by atoms with Gasteiger partial charge < -0.3 is 9.84 Å². The summed E-state index contributed by atoms with van der Waals surface area (Å²) in [6.07, 6.45) is 3.49. The number of nitrogens with zero attached hydrogens (tertiary/aromatic N) is 2. The molecule has 2 rings (SSSR count). The fourth-order valence-corrected chi connectivity index (χ4v) is 1.52. The molecule has 1 fully saturated rings. The van der Waals surface area contributed by atoms with Gasteiger partial charge in [-0.1, -0.05) is 0 Å². The zero-order valence-electron chi connectivity index (χ0n) is 7.31. The van der Waals surface area contributed by atoms with Gasteiger partial charge in [0, 0.05) is 31.4 Å². The summed E-state index contributed by atoms with van der Waals surface area (Å²) in [5.74, 6) is 1.14. The van der Waals surface area contributed by atoms with E-state index in [0.29, 0.717) is 5.92 Å². The first-order valence-electron chi connectivity index (χ1n) is 4.46. The van der Waals surface area contributed by atoms with E-state index in [1.54, 1.807) is 6.20 Å². The SMILES string of the molecule is Oc1ccnc(C2CCOCC2)n1. The third kappa shape index (κ3) is 1.95. The van der Waals surface area contributed by atoms with Gasteiger partial charge in [-0.2, -0.15) is 4.98 Å². The minimum absolute atomic E-state index is 0.0523. The van der Waals surface area contributed by atoms with Crippen molar-refractivity contribution in [2.24, 2.45) is 0 Å². The Bertz CT molecular complexity index is 285. The highest BCUT2D eigenvalue weighted by Gasteiger charge is 2.18. The fourth-order valence-electron chi connectivity index (χ4n) is 1.52. The molecule has 0 atom stereocenters. The average Bonchev–Trinajstić information content (AvgIpc) is 2.19. The third-order valence-corrected chi connectivity index (χ3v) is 2.25. The molecule has 1 saturated heterocycles. The summed E-state index contributed by atoms with van der Waals surface area (Å²) in [6, 6.07) is 1.49. The van der Waals surface area contributed by atoms with Crippen LogP contribution in [-0.2, 0) is 4.74 Å². The molecular formula is C9H12N2O2. The number of rotatable bonds is 1. The van der Waals surface area contributed by atoms with E-state index in [-0.39, 0.29) is 5.88 Å². The molecule has 4 heteroatoms. The van der Waals surface area contributed by atoms with Gasteiger partial charge in [0.1, 0.15) is 5.82 Å². The number of hydrogen-bond donors (Lipinski definition) is 1. The minimum Gasteiger partial charge on any atom is -0.493 e. The topological polar surface area (TPSA) is 55.2 Å². The van der Waals surface area contributed by atoms with Crippen LogP contribution in [0, 0.1) is 0 Å². The summed E-state index contributed by atoms with van der Waals surface area (Å²) in [5.41, 5.74) is 0. The van der Waals surface area contributed by atoms with Crippen molar-refractivity contribution in [3.63, 3.8) is 0 Å². The first-order chi connectivity index (χ1) is 6.36. The van der Waals surface area contributed by atoms with Gasteiger partial charge in [0.2, 0.25) is 5.88 Å². The molecular weight excluding hydrogens is 168 g/mol. The molecule has 1 aromatic heterocycles. The maximum absolute atomic E-state index is 9.16. The van der Waals surface area contributed by atoms with Gasteiger partial charge in [-0.05, 0) is 12.8 Å². The molecule has 0 amide bonds. The second-order valence-corrected chi connectivity index (χ2v) is 3.16. The van der Waals surface area contributed by atoms with Crippen LogP contribution in [0.3, 0.4) is 0 Å². The zero-order valence-corrected chi connectivity index (χ0v) is 7.31. The molecule has 1 aliphatic rings. The lowest BCUT2D eigenvalue weighted by atomic mass is 10.00. The molecule has 0 bridgehead atoms. The van der Waals surface area contributed by atoms with Crippen molar-refractivity contribution in [1.29, 1.82) is 0 Å². The van der Waals surface area contributed by atoms with E-state index in [9.17, 15) is 0 Å². The molecule has 0 unspecified atom stereocenters. The van der Waals surface area contributed by atoms with E-state index in [2.05, 4.69) is 9.97 Å². The van der Waals surface area contributed by atoms with E-state index >= 15 is 0 Å². The predicted octanol–water partition coefficient (Wildman–Crippen LogP) is 1.08. The maximum Gasteiger partial charge on any atom is 0.214 e. The summed E-state index contributed by atoms with van der Waals surface area (Å²) in [6.45, 7) is 1.54. The summed E-state index contributed by atoms with van der Waals surface area (Å²) in [7, 11) is 0.